The second kappa shape index (κ2) is 7.67. The smallest absolute Gasteiger partial charge is 0.272 e. The van der Waals surface area contributed by atoms with Crippen molar-refractivity contribution in [2.75, 3.05) is 26.2 Å². The molecule has 138 valence electrons. The standard InChI is InChI=1S/C20H21N5O2/c26-19-16-5-2-1-4-15(16)17(23-24-19)12-14-6-8-22-18(13-14)20(27)25-10-3-7-21-9-11-25/h1-2,4-6,8,13,21H,3,7,9-12H2,(H,24,26). The molecule has 0 aliphatic carbocycles. The molecule has 0 saturated carbocycles. The summed E-state index contributed by atoms with van der Waals surface area (Å²) in [4.78, 5) is 30.9. The first-order valence-corrected chi connectivity index (χ1v) is 9.13. The lowest BCUT2D eigenvalue weighted by Crippen LogP contribution is -2.34. The normalized spacial score (nSPS) is 14.9. The largest absolute Gasteiger partial charge is 0.336 e. The first-order chi connectivity index (χ1) is 13.2. The minimum Gasteiger partial charge on any atom is -0.336 e. The lowest BCUT2D eigenvalue weighted by molar-refractivity contribution is 0.0760. The van der Waals surface area contributed by atoms with Gasteiger partial charge >= 0.3 is 0 Å². The predicted molar refractivity (Wildman–Crippen MR) is 103 cm³/mol. The van der Waals surface area contributed by atoms with Crippen molar-refractivity contribution >= 4 is 16.7 Å². The van der Waals surface area contributed by atoms with E-state index in [2.05, 4.69) is 20.5 Å². The monoisotopic (exact) mass is 363 g/mol. The molecule has 3 heterocycles. The molecule has 3 aromatic rings. The maximum atomic E-state index is 12.8. The molecule has 0 radical (unpaired) electrons. The summed E-state index contributed by atoms with van der Waals surface area (Å²) in [5, 5.41) is 11.5. The van der Waals surface area contributed by atoms with Crippen LogP contribution >= 0.6 is 0 Å². The van der Waals surface area contributed by atoms with Crippen molar-refractivity contribution in [2.45, 2.75) is 12.8 Å². The Morgan fingerprint density at radius 3 is 2.85 bits per heavy atom. The highest BCUT2D eigenvalue weighted by Crippen LogP contribution is 2.17. The van der Waals surface area contributed by atoms with Crippen LogP contribution in [0.1, 0.15) is 28.2 Å². The van der Waals surface area contributed by atoms with Crippen molar-refractivity contribution in [3.8, 4) is 0 Å². The molecule has 1 aromatic carbocycles. The summed E-state index contributed by atoms with van der Waals surface area (Å²) >= 11 is 0. The molecule has 7 heteroatoms. The molecule has 1 aliphatic rings. The SMILES string of the molecule is O=C(c1cc(Cc2n[nH]c(=O)c3ccccc23)ccn1)N1CCCNCC1. The van der Waals surface area contributed by atoms with E-state index in [1.165, 1.54) is 0 Å². The second-order valence-corrected chi connectivity index (χ2v) is 6.67. The van der Waals surface area contributed by atoms with Crippen molar-refractivity contribution in [3.63, 3.8) is 0 Å². The number of hydrogen-bond acceptors (Lipinski definition) is 5. The summed E-state index contributed by atoms with van der Waals surface area (Å²) in [5.74, 6) is -0.0418. The first-order valence-electron chi connectivity index (χ1n) is 9.13. The molecule has 2 aromatic heterocycles. The topological polar surface area (TPSA) is 91.0 Å². The third kappa shape index (κ3) is 3.73. The van der Waals surface area contributed by atoms with Crippen LogP contribution in [-0.2, 0) is 6.42 Å². The van der Waals surface area contributed by atoms with Crippen molar-refractivity contribution in [3.05, 3.63) is 69.9 Å². The van der Waals surface area contributed by atoms with Gasteiger partial charge in [-0.25, -0.2) is 5.10 Å². The van der Waals surface area contributed by atoms with Gasteiger partial charge in [0.25, 0.3) is 11.5 Å². The molecule has 0 atom stereocenters. The van der Waals surface area contributed by atoms with E-state index in [0.717, 1.165) is 42.7 Å². The fourth-order valence-corrected chi connectivity index (χ4v) is 3.41. The number of H-pyrrole nitrogens is 1. The Morgan fingerprint density at radius 2 is 1.96 bits per heavy atom. The van der Waals surface area contributed by atoms with Gasteiger partial charge < -0.3 is 10.2 Å². The highest BCUT2D eigenvalue weighted by atomic mass is 16.2. The van der Waals surface area contributed by atoms with E-state index in [0.29, 0.717) is 24.0 Å². The van der Waals surface area contributed by atoms with Crippen LogP contribution in [0.3, 0.4) is 0 Å². The van der Waals surface area contributed by atoms with E-state index < -0.39 is 0 Å². The Kier molecular flexibility index (Phi) is 4.93. The van der Waals surface area contributed by atoms with Crippen molar-refractivity contribution in [2.24, 2.45) is 0 Å². The van der Waals surface area contributed by atoms with Gasteiger partial charge in [0.05, 0.1) is 11.1 Å². The molecule has 1 amide bonds. The average Bonchev–Trinajstić information content (AvgIpc) is 3.00. The average molecular weight is 363 g/mol. The first kappa shape index (κ1) is 17.4. The minimum absolute atomic E-state index is 0.0418. The number of amides is 1. The maximum Gasteiger partial charge on any atom is 0.272 e. The zero-order valence-corrected chi connectivity index (χ0v) is 14.9. The molecular formula is C20H21N5O2. The van der Waals surface area contributed by atoms with Crippen molar-refractivity contribution < 1.29 is 4.79 Å². The summed E-state index contributed by atoms with van der Waals surface area (Å²) in [6, 6.07) is 11.1. The predicted octanol–water partition coefficient (Wildman–Crippen LogP) is 1.34. The van der Waals surface area contributed by atoms with E-state index in [1.807, 2.05) is 35.2 Å². The van der Waals surface area contributed by atoms with Gasteiger partial charge in [0.15, 0.2) is 0 Å². The number of pyridine rings is 1. The highest BCUT2D eigenvalue weighted by molar-refractivity contribution is 5.92. The number of nitrogens with zero attached hydrogens (tertiary/aromatic N) is 3. The molecule has 1 fully saturated rings. The zero-order chi connectivity index (χ0) is 18.6. The van der Waals surface area contributed by atoms with Gasteiger partial charge in [0.2, 0.25) is 0 Å². The summed E-state index contributed by atoms with van der Waals surface area (Å²) in [6.45, 7) is 3.17. The molecule has 1 saturated heterocycles. The van der Waals surface area contributed by atoms with Gasteiger partial charge in [-0.15, -0.1) is 0 Å². The van der Waals surface area contributed by atoms with Crippen molar-refractivity contribution in [1.29, 1.82) is 0 Å². The Balaban J connectivity index is 1.61. The Morgan fingerprint density at radius 1 is 1.11 bits per heavy atom. The van der Waals surface area contributed by atoms with Gasteiger partial charge in [-0.05, 0) is 36.7 Å². The summed E-state index contributed by atoms with van der Waals surface area (Å²) in [5.41, 5.74) is 1.96. The van der Waals surface area contributed by atoms with Crippen LogP contribution in [-0.4, -0.2) is 52.2 Å². The van der Waals surface area contributed by atoms with E-state index in [9.17, 15) is 9.59 Å². The third-order valence-electron chi connectivity index (χ3n) is 4.82. The van der Waals surface area contributed by atoms with Crippen LogP contribution in [0.2, 0.25) is 0 Å². The van der Waals surface area contributed by atoms with E-state index in [-0.39, 0.29) is 11.5 Å². The number of carbonyl (C=O) groups excluding carboxylic acids is 1. The number of rotatable bonds is 3. The highest BCUT2D eigenvalue weighted by Gasteiger charge is 2.18. The number of fused-ring (bicyclic) bond motifs is 1. The Hall–Kier alpha value is -3.06. The van der Waals surface area contributed by atoms with Crippen LogP contribution in [0.5, 0.6) is 0 Å². The van der Waals surface area contributed by atoms with Crippen LogP contribution in [0.15, 0.2) is 47.4 Å². The molecule has 7 nitrogen and oxygen atoms in total. The lowest BCUT2D eigenvalue weighted by atomic mass is 10.0. The molecule has 2 N–H and O–H groups in total. The summed E-state index contributed by atoms with van der Waals surface area (Å²) in [6.07, 6.45) is 3.12. The quantitative estimate of drug-likeness (QED) is 0.733. The van der Waals surface area contributed by atoms with E-state index >= 15 is 0 Å². The summed E-state index contributed by atoms with van der Waals surface area (Å²) in [7, 11) is 0. The van der Waals surface area contributed by atoms with E-state index in [4.69, 9.17) is 0 Å². The minimum atomic E-state index is -0.199. The molecule has 0 spiro atoms. The van der Waals surface area contributed by atoms with E-state index in [1.54, 1.807) is 12.3 Å². The van der Waals surface area contributed by atoms with Gasteiger partial charge in [-0.3, -0.25) is 14.6 Å². The van der Waals surface area contributed by atoms with Gasteiger partial charge in [-0.2, -0.15) is 5.10 Å². The third-order valence-corrected chi connectivity index (χ3v) is 4.82. The zero-order valence-electron chi connectivity index (χ0n) is 14.9. The number of hydrogen-bond donors (Lipinski definition) is 2. The second-order valence-electron chi connectivity index (χ2n) is 6.67. The molecule has 4 rings (SSSR count). The van der Waals surface area contributed by atoms with Crippen LogP contribution in [0.25, 0.3) is 10.8 Å². The maximum absolute atomic E-state index is 12.8. The number of carbonyl (C=O) groups is 1. The fourth-order valence-electron chi connectivity index (χ4n) is 3.41. The van der Waals surface area contributed by atoms with Gasteiger partial charge in [0.1, 0.15) is 5.69 Å². The molecule has 0 unspecified atom stereocenters. The fraction of sp³-hybridized carbons (Fsp3) is 0.300. The number of aromatic amines is 1. The Bertz CT molecular complexity index is 1020. The van der Waals surface area contributed by atoms with Crippen molar-refractivity contribution in [1.82, 2.24) is 25.4 Å². The van der Waals surface area contributed by atoms with Gasteiger partial charge in [0, 0.05) is 37.6 Å². The number of nitrogens with one attached hydrogen (secondary N) is 2. The molecule has 0 bridgehead atoms. The molecule has 1 aliphatic heterocycles. The van der Waals surface area contributed by atoms with Crippen LogP contribution < -0.4 is 10.9 Å². The number of benzene rings is 1. The van der Waals surface area contributed by atoms with Crippen LogP contribution in [0, 0.1) is 0 Å². The molecule has 27 heavy (non-hydrogen) atoms. The van der Waals surface area contributed by atoms with Crippen LogP contribution in [0.4, 0.5) is 0 Å². The Labute approximate surface area is 156 Å². The number of aromatic nitrogens is 3. The molecular weight excluding hydrogens is 342 g/mol. The summed E-state index contributed by atoms with van der Waals surface area (Å²) < 4.78 is 0. The van der Waals surface area contributed by atoms with Gasteiger partial charge in [-0.1, -0.05) is 18.2 Å². The lowest BCUT2D eigenvalue weighted by Gasteiger charge is -2.19.